The lowest BCUT2D eigenvalue weighted by atomic mass is 10.0. The van der Waals surface area contributed by atoms with Crippen LogP contribution in [0.25, 0.3) is 11.0 Å². The minimum absolute atomic E-state index is 0.0153. The lowest BCUT2D eigenvalue weighted by molar-refractivity contribution is -0.133. The third-order valence-corrected chi connectivity index (χ3v) is 6.09. The molecule has 2 aromatic carbocycles. The van der Waals surface area contributed by atoms with Crippen molar-refractivity contribution in [3.05, 3.63) is 69.6 Å². The number of amides is 2. The number of halogens is 1. The Morgan fingerprint density at radius 2 is 1.81 bits per heavy atom. The van der Waals surface area contributed by atoms with Crippen molar-refractivity contribution in [2.24, 2.45) is 0 Å². The minimum Gasteiger partial charge on any atom is -0.349 e. The SMILES string of the molecule is CC(=O)NC(CC(=O)N1CCC(n2c(=O)[nH]c3ccccc32)CC1)c1ccc(Cl)cc1. The highest BCUT2D eigenvalue weighted by molar-refractivity contribution is 6.30. The first-order valence-electron chi connectivity index (χ1n) is 10.4. The Kier molecular flexibility index (Phi) is 6.13. The Labute approximate surface area is 185 Å². The fraction of sp³-hybridized carbons (Fsp3) is 0.348. The van der Waals surface area contributed by atoms with Crippen LogP contribution in [-0.4, -0.2) is 39.4 Å². The number of fused-ring (bicyclic) bond motifs is 1. The quantitative estimate of drug-likeness (QED) is 0.637. The highest BCUT2D eigenvalue weighted by atomic mass is 35.5. The number of benzene rings is 2. The molecule has 1 fully saturated rings. The van der Waals surface area contributed by atoms with Gasteiger partial charge in [0.2, 0.25) is 11.8 Å². The van der Waals surface area contributed by atoms with Crippen molar-refractivity contribution in [1.29, 1.82) is 0 Å². The van der Waals surface area contributed by atoms with Crippen molar-refractivity contribution in [2.75, 3.05) is 13.1 Å². The molecule has 0 spiro atoms. The van der Waals surface area contributed by atoms with E-state index in [1.165, 1.54) is 6.92 Å². The molecule has 31 heavy (non-hydrogen) atoms. The lowest BCUT2D eigenvalue weighted by Gasteiger charge is -2.33. The summed E-state index contributed by atoms with van der Waals surface area (Å²) in [5.74, 6) is -0.205. The molecule has 1 saturated heterocycles. The molecule has 1 aliphatic heterocycles. The second-order valence-corrected chi connectivity index (χ2v) is 8.37. The van der Waals surface area contributed by atoms with E-state index in [4.69, 9.17) is 11.6 Å². The van der Waals surface area contributed by atoms with Gasteiger partial charge >= 0.3 is 5.69 Å². The zero-order valence-corrected chi connectivity index (χ0v) is 18.1. The summed E-state index contributed by atoms with van der Waals surface area (Å²) in [5.41, 5.74) is 2.45. The van der Waals surface area contributed by atoms with Crippen LogP contribution < -0.4 is 11.0 Å². The van der Waals surface area contributed by atoms with Crippen LogP contribution in [0.15, 0.2) is 53.3 Å². The molecule has 0 radical (unpaired) electrons. The molecule has 8 heteroatoms. The zero-order chi connectivity index (χ0) is 22.0. The maximum Gasteiger partial charge on any atom is 0.326 e. The van der Waals surface area contributed by atoms with E-state index >= 15 is 0 Å². The summed E-state index contributed by atoms with van der Waals surface area (Å²) in [6.45, 7) is 2.59. The van der Waals surface area contributed by atoms with Crippen LogP contribution in [0.3, 0.4) is 0 Å². The van der Waals surface area contributed by atoms with E-state index in [1.54, 1.807) is 12.1 Å². The molecule has 2 amide bonds. The van der Waals surface area contributed by atoms with Gasteiger partial charge in [-0.25, -0.2) is 4.79 Å². The smallest absolute Gasteiger partial charge is 0.326 e. The number of carbonyl (C=O) groups excluding carboxylic acids is 2. The van der Waals surface area contributed by atoms with E-state index in [9.17, 15) is 14.4 Å². The first-order valence-corrected chi connectivity index (χ1v) is 10.8. The average Bonchev–Trinajstić information content (AvgIpc) is 3.09. The van der Waals surface area contributed by atoms with Gasteiger partial charge in [-0.15, -0.1) is 0 Å². The molecule has 3 aromatic rings. The average molecular weight is 441 g/mol. The summed E-state index contributed by atoms with van der Waals surface area (Å²) in [4.78, 5) is 41.8. The van der Waals surface area contributed by atoms with Crippen molar-refractivity contribution in [3.63, 3.8) is 0 Å². The molecule has 0 aliphatic carbocycles. The van der Waals surface area contributed by atoms with Gasteiger partial charge in [0.05, 0.1) is 23.5 Å². The number of H-pyrrole nitrogens is 1. The fourth-order valence-electron chi connectivity index (χ4n) is 4.31. The molecule has 162 valence electrons. The number of piperidine rings is 1. The van der Waals surface area contributed by atoms with Gasteiger partial charge in [-0.3, -0.25) is 14.2 Å². The predicted octanol–water partition coefficient (Wildman–Crippen LogP) is 3.41. The highest BCUT2D eigenvalue weighted by Gasteiger charge is 2.28. The highest BCUT2D eigenvalue weighted by Crippen LogP contribution is 2.27. The summed E-state index contributed by atoms with van der Waals surface area (Å²) in [6, 6.07) is 14.4. The normalized spacial score (nSPS) is 15.7. The zero-order valence-electron chi connectivity index (χ0n) is 17.3. The summed E-state index contributed by atoms with van der Waals surface area (Å²) >= 11 is 5.96. The number of rotatable bonds is 5. The molecule has 2 heterocycles. The van der Waals surface area contributed by atoms with Gasteiger partial charge in [0.25, 0.3) is 0 Å². The van der Waals surface area contributed by atoms with Crippen molar-refractivity contribution >= 4 is 34.4 Å². The number of aromatic nitrogens is 2. The molecule has 7 nitrogen and oxygen atoms in total. The molecule has 1 unspecified atom stereocenters. The Bertz CT molecular complexity index is 1140. The van der Waals surface area contributed by atoms with Crippen molar-refractivity contribution < 1.29 is 9.59 Å². The van der Waals surface area contributed by atoms with Crippen LogP contribution in [0.4, 0.5) is 0 Å². The Balaban J connectivity index is 1.43. The third-order valence-electron chi connectivity index (χ3n) is 5.83. The maximum atomic E-state index is 13.0. The van der Waals surface area contributed by atoms with Gasteiger partial charge in [-0.05, 0) is 42.7 Å². The summed E-state index contributed by atoms with van der Waals surface area (Å²) < 4.78 is 1.81. The molecule has 1 aliphatic rings. The van der Waals surface area contributed by atoms with E-state index < -0.39 is 6.04 Å². The number of likely N-dealkylation sites (tertiary alicyclic amines) is 1. The first kappa shape index (κ1) is 21.2. The van der Waals surface area contributed by atoms with E-state index in [1.807, 2.05) is 45.9 Å². The second kappa shape index (κ2) is 8.98. The largest absolute Gasteiger partial charge is 0.349 e. The molecule has 1 aromatic heterocycles. The number of hydrogen-bond donors (Lipinski definition) is 2. The minimum atomic E-state index is -0.406. The third kappa shape index (κ3) is 4.66. The topological polar surface area (TPSA) is 87.2 Å². The van der Waals surface area contributed by atoms with Crippen LogP contribution in [-0.2, 0) is 9.59 Å². The number of aromatic amines is 1. The van der Waals surface area contributed by atoms with Gasteiger partial charge in [0.1, 0.15) is 0 Å². The van der Waals surface area contributed by atoms with E-state index in [2.05, 4.69) is 10.3 Å². The Morgan fingerprint density at radius 3 is 2.48 bits per heavy atom. The van der Waals surface area contributed by atoms with Crippen LogP contribution >= 0.6 is 11.6 Å². The van der Waals surface area contributed by atoms with Gasteiger partial charge in [-0.1, -0.05) is 35.9 Å². The monoisotopic (exact) mass is 440 g/mol. The van der Waals surface area contributed by atoms with Crippen LogP contribution in [0.5, 0.6) is 0 Å². The Hall–Kier alpha value is -3.06. The van der Waals surface area contributed by atoms with Gasteiger partial charge in [0.15, 0.2) is 0 Å². The molecule has 0 bridgehead atoms. The van der Waals surface area contributed by atoms with Crippen molar-refractivity contribution in [1.82, 2.24) is 19.8 Å². The van der Waals surface area contributed by atoms with Crippen LogP contribution in [0.1, 0.15) is 43.8 Å². The number of nitrogens with zero attached hydrogens (tertiary/aromatic N) is 2. The van der Waals surface area contributed by atoms with E-state index in [0.717, 1.165) is 16.6 Å². The number of para-hydroxylation sites is 2. The molecular weight excluding hydrogens is 416 g/mol. The van der Waals surface area contributed by atoms with Gasteiger partial charge < -0.3 is 15.2 Å². The number of imidazole rings is 1. The summed E-state index contributed by atoms with van der Waals surface area (Å²) in [5, 5.41) is 3.47. The number of hydrogen-bond acceptors (Lipinski definition) is 3. The number of nitrogens with one attached hydrogen (secondary N) is 2. The number of carbonyl (C=O) groups is 2. The van der Waals surface area contributed by atoms with Gasteiger partial charge in [0, 0.05) is 31.1 Å². The second-order valence-electron chi connectivity index (χ2n) is 7.94. The van der Waals surface area contributed by atoms with E-state index in [0.29, 0.717) is 31.0 Å². The molecule has 1 atom stereocenters. The summed E-state index contributed by atoms with van der Waals surface area (Å²) in [7, 11) is 0. The standard InChI is InChI=1S/C23H25ClN4O3/c1-15(29)25-20(16-6-8-17(24)9-7-16)14-22(30)27-12-10-18(11-13-27)28-21-5-3-2-4-19(21)26-23(28)31/h2-9,18,20H,10-14H2,1H3,(H,25,29)(H,26,31). The molecule has 4 rings (SSSR count). The van der Waals surface area contributed by atoms with E-state index in [-0.39, 0.29) is 30.0 Å². The molecular formula is C23H25ClN4O3. The fourth-order valence-corrected chi connectivity index (χ4v) is 4.43. The predicted molar refractivity (Wildman–Crippen MR) is 120 cm³/mol. The lowest BCUT2D eigenvalue weighted by Crippen LogP contribution is -2.42. The maximum absolute atomic E-state index is 13.0. The molecule has 2 N–H and O–H groups in total. The van der Waals surface area contributed by atoms with Crippen LogP contribution in [0, 0.1) is 0 Å². The Morgan fingerprint density at radius 1 is 1.13 bits per heavy atom. The van der Waals surface area contributed by atoms with Crippen molar-refractivity contribution in [2.45, 2.75) is 38.3 Å². The van der Waals surface area contributed by atoms with Gasteiger partial charge in [-0.2, -0.15) is 0 Å². The molecule has 0 saturated carbocycles. The first-order chi connectivity index (χ1) is 14.9. The van der Waals surface area contributed by atoms with Crippen LogP contribution in [0.2, 0.25) is 5.02 Å². The van der Waals surface area contributed by atoms with Crippen molar-refractivity contribution in [3.8, 4) is 0 Å². The summed E-state index contributed by atoms with van der Waals surface area (Å²) in [6.07, 6.45) is 1.59.